The highest BCUT2D eigenvalue weighted by atomic mass is 79.9. The third-order valence-corrected chi connectivity index (χ3v) is 3.82. The second kappa shape index (κ2) is 5.37. The molecule has 0 saturated carbocycles. The lowest BCUT2D eigenvalue weighted by molar-refractivity contribution is 0.457. The van der Waals surface area contributed by atoms with Crippen molar-refractivity contribution in [2.24, 2.45) is 4.99 Å². The molecule has 0 aliphatic carbocycles. The number of H-pyrrole nitrogens is 1. The number of halogens is 1. The predicted molar refractivity (Wildman–Crippen MR) is 90.8 cm³/mol. The molecular formula is C17H15BrN2O. The summed E-state index contributed by atoms with van der Waals surface area (Å²) in [5.74, 6) is 0.135. The minimum atomic E-state index is 0.135. The number of aromatic nitrogens is 1. The van der Waals surface area contributed by atoms with Crippen LogP contribution >= 0.6 is 15.9 Å². The lowest BCUT2D eigenvalue weighted by Gasteiger charge is -1.99. The lowest BCUT2D eigenvalue weighted by atomic mass is 10.1. The Hall–Kier alpha value is -2.07. The summed E-state index contributed by atoms with van der Waals surface area (Å²) in [6.45, 7) is 4.10. The Morgan fingerprint density at radius 2 is 1.81 bits per heavy atom. The molecule has 0 aliphatic rings. The molecule has 0 atom stereocenters. The highest BCUT2D eigenvalue weighted by Crippen LogP contribution is 2.29. The Labute approximate surface area is 131 Å². The Morgan fingerprint density at radius 3 is 2.52 bits per heavy atom. The number of fused-ring (bicyclic) bond motifs is 1. The van der Waals surface area contributed by atoms with Gasteiger partial charge in [-0.1, -0.05) is 22.0 Å². The van der Waals surface area contributed by atoms with E-state index in [0.29, 0.717) is 5.56 Å². The number of nitrogens with zero attached hydrogens (tertiary/aromatic N) is 1. The quantitative estimate of drug-likeness (QED) is 0.632. The molecule has 21 heavy (non-hydrogen) atoms. The number of aliphatic imine (C=N–C) groups is 1. The van der Waals surface area contributed by atoms with Crippen molar-refractivity contribution in [3.8, 4) is 5.88 Å². The first-order valence-corrected chi connectivity index (χ1v) is 7.45. The zero-order valence-electron chi connectivity index (χ0n) is 11.8. The van der Waals surface area contributed by atoms with Crippen LogP contribution in [0.15, 0.2) is 45.9 Å². The molecule has 0 bridgehead atoms. The summed E-state index contributed by atoms with van der Waals surface area (Å²) in [5.41, 5.74) is 4.82. The van der Waals surface area contributed by atoms with Gasteiger partial charge in [0.2, 0.25) is 0 Å². The third kappa shape index (κ3) is 2.85. The van der Waals surface area contributed by atoms with Crippen LogP contribution in [0.3, 0.4) is 0 Å². The molecule has 0 amide bonds. The number of hydrogen-bond acceptors (Lipinski definition) is 2. The molecule has 3 rings (SSSR count). The van der Waals surface area contributed by atoms with E-state index in [1.165, 1.54) is 11.1 Å². The maximum atomic E-state index is 10.1. The molecule has 1 aromatic heterocycles. The summed E-state index contributed by atoms with van der Waals surface area (Å²) in [6, 6.07) is 12.0. The van der Waals surface area contributed by atoms with Crippen molar-refractivity contribution in [2.75, 3.05) is 0 Å². The van der Waals surface area contributed by atoms with Crippen molar-refractivity contribution in [3.05, 3.63) is 57.6 Å². The average molecular weight is 343 g/mol. The van der Waals surface area contributed by atoms with E-state index in [-0.39, 0.29) is 5.88 Å². The molecule has 0 spiro atoms. The topological polar surface area (TPSA) is 48.4 Å². The van der Waals surface area contributed by atoms with Crippen LogP contribution in [0.1, 0.15) is 16.7 Å². The molecule has 0 saturated heterocycles. The fourth-order valence-corrected chi connectivity index (χ4v) is 2.83. The van der Waals surface area contributed by atoms with E-state index in [2.05, 4.69) is 32.0 Å². The molecule has 0 aliphatic heterocycles. The van der Waals surface area contributed by atoms with Gasteiger partial charge in [-0.2, -0.15) is 0 Å². The van der Waals surface area contributed by atoms with Crippen LogP contribution in [0.2, 0.25) is 0 Å². The summed E-state index contributed by atoms with van der Waals surface area (Å²) in [5, 5.41) is 11.0. The van der Waals surface area contributed by atoms with Crippen molar-refractivity contribution in [1.29, 1.82) is 0 Å². The minimum Gasteiger partial charge on any atom is -0.494 e. The van der Waals surface area contributed by atoms with Gasteiger partial charge in [-0.25, -0.2) is 0 Å². The standard InChI is InChI=1S/C17H15BrN2O/c1-10-5-11(2)7-13(6-10)19-9-15-14-8-12(18)3-4-16(14)20-17(15)21/h3-9,20-21H,1-2H3. The van der Waals surface area contributed by atoms with Crippen molar-refractivity contribution < 1.29 is 5.11 Å². The number of benzene rings is 2. The monoisotopic (exact) mass is 342 g/mol. The van der Waals surface area contributed by atoms with Gasteiger partial charge in [0, 0.05) is 21.6 Å². The average Bonchev–Trinajstić information content (AvgIpc) is 2.70. The molecule has 0 fully saturated rings. The summed E-state index contributed by atoms with van der Waals surface area (Å²) in [7, 11) is 0. The van der Waals surface area contributed by atoms with Crippen molar-refractivity contribution in [2.45, 2.75) is 13.8 Å². The van der Waals surface area contributed by atoms with Gasteiger partial charge >= 0.3 is 0 Å². The molecule has 3 nitrogen and oxygen atoms in total. The molecule has 1 heterocycles. The van der Waals surface area contributed by atoms with E-state index >= 15 is 0 Å². The van der Waals surface area contributed by atoms with Crippen molar-refractivity contribution in [3.63, 3.8) is 0 Å². The van der Waals surface area contributed by atoms with Gasteiger partial charge in [-0.15, -0.1) is 0 Å². The predicted octanol–water partition coefficient (Wildman–Crippen LogP) is 5.00. The number of nitrogens with one attached hydrogen (secondary N) is 1. The Kier molecular flexibility index (Phi) is 3.55. The zero-order valence-corrected chi connectivity index (χ0v) is 13.4. The number of aryl methyl sites for hydroxylation is 2. The first kappa shape index (κ1) is 13.9. The van der Waals surface area contributed by atoms with Gasteiger partial charge in [0.05, 0.1) is 11.3 Å². The molecule has 2 N–H and O–H groups in total. The molecule has 106 valence electrons. The van der Waals surface area contributed by atoms with Crippen LogP contribution in [0, 0.1) is 13.8 Å². The van der Waals surface area contributed by atoms with E-state index in [4.69, 9.17) is 0 Å². The second-order valence-electron chi connectivity index (χ2n) is 5.18. The van der Waals surface area contributed by atoms with Gasteiger partial charge in [-0.05, 0) is 55.3 Å². The van der Waals surface area contributed by atoms with Crippen LogP contribution in [0.4, 0.5) is 5.69 Å². The fourth-order valence-electron chi connectivity index (χ4n) is 2.47. The van der Waals surface area contributed by atoms with E-state index in [1.807, 2.05) is 44.2 Å². The number of rotatable bonds is 2. The summed E-state index contributed by atoms with van der Waals surface area (Å²) in [4.78, 5) is 7.45. The molecule has 4 heteroatoms. The van der Waals surface area contributed by atoms with Gasteiger partial charge in [0.15, 0.2) is 5.88 Å². The van der Waals surface area contributed by atoms with Crippen LogP contribution in [-0.2, 0) is 0 Å². The van der Waals surface area contributed by atoms with Crippen molar-refractivity contribution >= 4 is 38.7 Å². The maximum absolute atomic E-state index is 10.1. The minimum absolute atomic E-state index is 0.135. The fraction of sp³-hybridized carbons (Fsp3) is 0.118. The highest BCUT2D eigenvalue weighted by Gasteiger charge is 2.09. The second-order valence-corrected chi connectivity index (χ2v) is 6.10. The maximum Gasteiger partial charge on any atom is 0.198 e. The number of aromatic hydroxyl groups is 1. The first-order chi connectivity index (χ1) is 10.0. The third-order valence-electron chi connectivity index (χ3n) is 3.33. The van der Waals surface area contributed by atoms with Crippen LogP contribution in [-0.4, -0.2) is 16.3 Å². The van der Waals surface area contributed by atoms with Gasteiger partial charge in [-0.3, -0.25) is 4.99 Å². The van der Waals surface area contributed by atoms with E-state index in [1.54, 1.807) is 6.21 Å². The summed E-state index contributed by atoms with van der Waals surface area (Å²) < 4.78 is 0.968. The van der Waals surface area contributed by atoms with E-state index < -0.39 is 0 Å². The van der Waals surface area contributed by atoms with Gasteiger partial charge in [0.1, 0.15) is 0 Å². The smallest absolute Gasteiger partial charge is 0.198 e. The van der Waals surface area contributed by atoms with E-state index in [0.717, 1.165) is 21.1 Å². The normalized spacial score (nSPS) is 11.6. The zero-order chi connectivity index (χ0) is 15.0. The SMILES string of the molecule is Cc1cc(C)cc(N=Cc2c(O)[nH]c3ccc(Br)cc23)c1. The van der Waals surface area contributed by atoms with Crippen LogP contribution in [0.25, 0.3) is 10.9 Å². The molecule has 2 aromatic carbocycles. The van der Waals surface area contributed by atoms with Crippen LogP contribution in [0.5, 0.6) is 5.88 Å². The van der Waals surface area contributed by atoms with Crippen LogP contribution < -0.4 is 0 Å². The van der Waals surface area contributed by atoms with Crippen molar-refractivity contribution in [1.82, 2.24) is 4.98 Å². The molecule has 0 radical (unpaired) electrons. The Bertz CT molecular complexity index is 829. The highest BCUT2D eigenvalue weighted by molar-refractivity contribution is 9.10. The van der Waals surface area contributed by atoms with E-state index in [9.17, 15) is 5.11 Å². The largest absolute Gasteiger partial charge is 0.494 e. The molecule has 0 unspecified atom stereocenters. The molecule has 3 aromatic rings. The van der Waals surface area contributed by atoms with Gasteiger partial charge < -0.3 is 10.1 Å². The lowest BCUT2D eigenvalue weighted by Crippen LogP contribution is -1.81. The molecular weight excluding hydrogens is 328 g/mol. The Morgan fingerprint density at radius 1 is 1.10 bits per heavy atom. The number of hydrogen-bond donors (Lipinski definition) is 2. The number of aromatic amines is 1. The summed E-state index contributed by atoms with van der Waals surface area (Å²) in [6.07, 6.45) is 1.70. The summed E-state index contributed by atoms with van der Waals surface area (Å²) >= 11 is 3.45. The first-order valence-electron chi connectivity index (χ1n) is 6.65. The van der Waals surface area contributed by atoms with Gasteiger partial charge in [0.25, 0.3) is 0 Å². The Balaban J connectivity index is 2.06.